The van der Waals surface area contributed by atoms with Gasteiger partial charge in [0.15, 0.2) is 4.77 Å². The molecule has 1 aromatic heterocycles. The normalized spacial score (nSPS) is 12.7. The van der Waals surface area contributed by atoms with Crippen molar-refractivity contribution in [3.63, 3.8) is 0 Å². The maximum absolute atomic E-state index is 13.5. The van der Waals surface area contributed by atoms with Gasteiger partial charge < -0.3 is 14.9 Å². The Bertz CT molecular complexity index is 679. The lowest BCUT2D eigenvalue weighted by Gasteiger charge is -2.12. The van der Waals surface area contributed by atoms with Crippen LogP contribution in [0.3, 0.4) is 0 Å². The summed E-state index contributed by atoms with van der Waals surface area (Å²) < 4.78 is 15.4. The molecule has 96 valence electrons. The molecular formula is C11H11ClFN3OS. The second-order valence-electron chi connectivity index (χ2n) is 3.87. The van der Waals surface area contributed by atoms with Gasteiger partial charge in [0.1, 0.15) is 11.9 Å². The van der Waals surface area contributed by atoms with E-state index in [-0.39, 0.29) is 10.9 Å². The molecule has 0 fully saturated rings. The molecule has 4 nitrogen and oxygen atoms in total. The number of aromatic nitrogens is 2. The van der Waals surface area contributed by atoms with Crippen LogP contribution >= 0.6 is 23.8 Å². The van der Waals surface area contributed by atoms with Gasteiger partial charge in [0, 0.05) is 13.1 Å². The molecule has 2 aromatic rings. The summed E-state index contributed by atoms with van der Waals surface area (Å²) in [5.74, 6) is -0.751. The summed E-state index contributed by atoms with van der Waals surface area (Å²) in [4.78, 5) is 14.5. The third-order valence-electron chi connectivity index (χ3n) is 2.77. The van der Waals surface area contributed by atoms with Crippen molar-refractivity contribution in [1.82, 2.24) is 14.9 Å². The van der Waals surface area contributed by atoms with E-state index in [0.717, 1.165) is 0 Å². The van der Waals surface area contributed by atoms with E-state index in [1.165, 1.54) is 19.2 Å². The molecule has 1 amide bonds. The number of hydrogen-bond acceptors (Lipinski definition) is 2. The van der Waals surface area contributed by atoms with Gasteiger partial charge in [-0.05, 0) is 25.2 Å². The average molecular weight is 288 g/mol. The minimum atomic E-state index is -0.545. The van der Waals surface area contributed by atoms with Crippen LogP contribution in [0.4, 0.5) is 4.39 Å². The number of carbonyl (C=O) groups excluding carboxylic acids is 1. The van der Waals surface area contributed by atoms with Gasteiger partial charge in [-0.1, -0.05) is 11.6 Å². The highest BCUT2D eigenvalue weighted by molar-refractivity contribution is 7.71. The van der Waals surface area contributed by atoms with Crippen LogP contribution < -0.4 is 5.32 Å². The smallest absolute Gasteiger partial charge is 0.242 e. The molecule has 0 spiro atoms. The van der Waals surface area contributed by atoms with Gasteiger partial charge in [0.05, 0.1) is 16.1 Å². The van der Waals surface area contributed by atoms with E-state index >= 15 is 0 Å². The number of H-pyrrole nitrogens is 1. The monoisotopic (exact) mass is 287 g/mol. The van der Waals surface area contributed by atoms with Crippen LogP contribution in [-0.2, 0) is 4.79 Å². The molecule has 0 bridgehead atoms. The van der Waals surface area contributed by atoms with Crippen molar-refractivity contribution in [1.29, 1.82) is 0 Å². The fourth-order valence-electron chi connectivity index (χ4n) is 1.83. The van der Waals surface area contributed by atoms with Crippen molar-refractivity contribution >= 4 is 40.8 Å². The molecular weight excluding hydrogens is 277 g/mol. The maximum Gasteiger partial charge on any atom is 0.242 e. The molecule has 0 aliphatic heterocycles. The molecule has 0 saturated heterocycles. The molecule has 2 N–H and O–H groups in total. The lowest BCUT2D eigenvalue weighted by atomic mass is 10.2. The first-order valence-electron chi connectivity index (χ1n) is 5.26. The predicted molar refractivity (Wildman–Crippen MR) is 70.9 cm³/mol. The first-order valence-corrected chi connectivity index (χ1v) is 6.05. The van der Waals surface area contributed by atoms with E-state index in [0.29, 0.717) is 15.8 Å². The van der Waals surface area contributed by atoms with Gasteiger partial charge in [-0.25, -0.2) is 4.39 Å². The molecule has 2 rings (SSSR count). The van der Waals surface area contributed by atoms with Crippen molar-refractivity contribution in [3.05, 3.63) is 27.7 Å². The Morgan fingerprint density at radius 2 is 2.28 bits per heavy atom. The molecule has 1 atom stereocenters. The van der Waals surface area contributed by atoms with E-state index in [1.54, 1.807) is 11.5 Å². The van der Waals surface area contributed by atoms with Crippen LogP contribution in [-0.4, -0.2) is 22.5 Å². The minimum absolute atomic E-state index is 0.0125. The van der Waals surface area contributed by atoms with Crippen LogP contribution in [0.1, 0.15) is 13.0 Å². The highest BCUT2D eigenvalue weighted by atomic mass is 35.5. The fourth-order valence-corrected chi connectivity index (χ4v) is 2.36. The number of fused-ring (bicyclic) bond motifs is 1. The Morgan fingerprint density at radius 3 is 2.89 bits per heavy atom. The summed E-state index contributed by atoms with van der Waals surface area (Å²) in [5.41, 5.74) is 1.11. The van der Waals surface area contributed by atoms with Crippen molar-refractivity contribution in [2.24, 2.45) is 0 Å². The molecule has 18 heavy (non-hydrogen) atoms. The van der Waals surface area contributed by atoms with Crippen LogP contribution in [0.5, 0.6) is 0 Å². The van der Waals surface area contributed by atoms with Crippen molar-refractivity contribution < 1.29 is 9.18 Å². The van der Waals surface area contributed by atoms with Gasteiger partial charge in [-0.2, -0.15) is 0 Å². The number of hydrogen-bond donors (Lipinski definition) is 2. The molecule has 0 saturated carbocycles. The SMILES string of the molecule is CNC(=O)C(C)n1c(=S)[nH]c2cc(Cl)c(F)cc21. The maximum atomic E-state index is 13.5. The number of halogens is 2. The Hall–Kier alpha value is -1.40. The van der Waals surface area contributed by atoms with E-state index < -0.39 is 11.9 Å². The minimum Gasteiger partial charge on any atom is -0.357 e. The summed E-state index contributed by atoms with van der Waals surface area (Å²) in [5, 5.41) is 2.54. The zero-order chi connectivity index (χ0) is 13.4. The number of benzene rings is 1. The van der Waals surface area contributed by atoms with Crippen LogP contribution in [0, 0.1) is 10.6 Å². The second kappa shape index (κ2) is 4.70. The number of amides is 1. The lowest BCUT2D eigenvalue weighted by molar-refractivity contribution is -0.123. The highest BCUT2D eigenvalue weighted by Gasteiger charge is 2.18. The number of carbonyl (C=O) groups is 1. The molecule has 1 heterocycles. The molecule has 0 radical (unpaired) electrons. The largest absolute Gasteiger partial charge is 0.357 e. The first kappa shape index (κ1) is 13.0. The number of likely N-dealkylation sites (N-methyl/N-ethyl adjacent to an activating group) is 1. The standard InChI is InChI=1S/C11H11ClFN3OS/c1-5(10(17)14-2)16-9-4-7(13)6(12)3-8(9)15-11(16)18/h3-5H,1-2H3,(H,14,17)(H,15,18). The summed E-state index contributed by atoms with van der Waals surface area (Å²) in [6.07, 6.45) is 0. The molecule has 0 aliphatic rings. The molecule has 7 heteroatoms. The van der Waals surface area contributed by atoms with Gasteiger partial charge >= 0.3 is 0 Å². The summed E-state index contributed by atoms with van der Waals surface area (Å²) in [6.45, 7) is 1.69. The van der Waals surface area contributed by atoms with Gasteiger partial charge in [0.25, 0.3) is 0 Å². The highest BCUT2D eigenvalue weighted by Crippen LogP contribution is 2.25. The Morgan fingerprint density at radius 1 is 1.61 bits per heavy atom. The van der Waals surface area contributed by atoms with Crippen LogP contribution in [0.25, 0.3) is 11.0 Å². The van der Waals surface area contributed by atoms with Gasteiger partial charge in [0.2, 0.25) is 5.91 Å². The van der Waals surface area contributed by atoms with Crippen LogP contribution in [0.2, 0.25) is 5.02 Å². The number of nitrogens with one attached hydrogen (secondary N) is 2. The van der Waals surface area contributed by atoms with Crippen molar-refractivity contribution in [2.75, 3.05) is 7.05 Å². The number of aromatic amines is 1. The fraction of sp³-hybridized carbons (Fsp3) is 0.273. The average Bonchev–Trinajstić information content (AvgIpc) is 2.63. The van der Waals surface area contributed by atoms with Gasteiger partial charge in [-0.15, -0.1) is 0 Å². The topological polar surface area (TPSA) is 49.8 Å². The summed E-state index contributed by atoms with van der Waals surface area (Å²) >= 11 is 10.8. The van der Waals surface area contributed by atoms with Gasteiger partial charge in [-0.3, -0.25) is 4.79 Å². The lowest BCUT2D eigenvalue weighted by Crippen LogP contribution is -2.27. The number of imidazole rings is 1. The zero-order valence-electron chi connectivity index (χ0n) is 9.75. The Kier molecular flexibility index (Phi) is 3.41. The third-order valence-corrected chi connectivity index (χ3v) is 3.36. The summed E-state index contributed by atoms with van der Waals surface area (Å²) in [7, 11) is 1.54. The van der Waals surface area contributed by atoms with E-state index in [1.807, 2.05) is 0 Å². The van der Waals surface area contributed by atoms with E-state index in [4.69, 9.17) is 23.8 Å². The van der Waals surface area contributed by atoms with Crippen molar-refractivity contribution in [2.45, 2.75) is 13.0 Å². The van der Waals surface area contributed by atoms with E-state index in [2.05, 4.69) is 10.3 Å². The molecule has 0 aliphatic carbocycles. The zero-order valence-corrected chi connectivity index (χ0v) is 11.3. The Balaban J connectivity index is 2.71. The quantitative estimate of drug-likeness (QED) is 0.835. The van der Waals surface area contributed by atoms with E-state index in [9.17, 15) is 9.18 Å². The molecule has 1 unspecified atom stereocenters. The van der Waals surface area contributed by atoms with Crippen LogP contribution in [0.15, 0.2) is 12.1 Å². The first-order chi connectivity index (χ1) is 8.45. The number of rotatable bonds is 2. The van der Waals surface area contributed by atoms with Crippen molar-refractivity contribution in [3.8, 4) is 0 Å². The predicted octanol–water partition coefficient (Wildman–Crippen LogP) is 2.80. The summed E-state index contributed by atoms with van der Waals surface area (Å²) in [6, 6.07) is 2.19. The number of nitrogens with zero attached hydrogens (tertiary/aromatic N) is 1. The third kappa shape index (κ3) is 2.02. The second-order valence-corrected chi connectivity index (χ2v) is 4.67. The Labute approximate surface area is 113 Å². The molecule has 1 aromatic carbocycles.